The Morgan fingerprint density at radius 3 is 2.58 bits per heavy atom. The lowest BCUT2D eigenvalue weighted by molar-refractivity contribution is 0.237. The summed E-state index contributed by atoms with van der Waals surface area (Å²) < 4.78 is 0. The molecular weight excluding hydrogens is 451 g/mol. The minimum absolute atomic E-state index is 0.181. The minimum Gasteiger partial charge on any atom is -0.332 e. The zero-order valence-electron chi connectivity index (χ0n) is 16.8. The van der Waals surface area contributed by atoms with Crippen molar-refractivity contribution in [2.45, 2.75) is 29.9 Å². The van der Waals surface area contributed by atoms with Crippen LogP contribution in [0.15, 0.2) is 71.6 Å². The number of halogens is 2. The van der Waals surface area contributed by atoms with Crippen molar-refractivity contribution in [3.05, 3.63) is 87.9 Å². The third kappa shape index (κ3) is 4.62. The third-order valence-electron chi connectivity index (χ3n) is 5.10. The summed E-state index contributed by atoms with van der Waals surface area (Å²) in [6.07, 6.45) is 0. The Morgan fingerprint density at radius 2 is 1.84 bits per heavy atom. The molecule has 4 rings (SSSR count). The standard InChI is InChI=1S/C23H22Cl2N4OS/c1-14(15-9-11-17(24)12-10-15)27-22(30)28-23-29(19-7-2-3-8-20(19)31-23)21-16(13-26)5-4-6-18(21)25/h2-12,14,23H,13,26H2,1H3,(H2,27,28,30). The highest BCUT2D eigenvalue weighted by Gasteiger charge is 2.34. The van der Waals surface area contributed by atoms with E-state index in [1.165, 1.54) is 0 Å². The van der Waals surface area contributed by atoms with Crippen LogP contribution in [0.4, 0.5) is 16.2 Å². The Balaban J connectivity index is 1.59. The summed E-state index contributed by atoms with van der Waals surface area (Å²) in [7, 11) is 0. The van der Waals surface area contributed by atoms with Gasteiger partial charge in [-0.05, 0) is 48.4 Å². The van der Waals surface area contributed by atoms with E-state index < -0.39 is 0 Å². The summed E-state index contributed by atoms with van der Waals surface area (Å²) in [5.41, 5.74) is 9.28. The van der Waals surface area contributed by atoms with Gasteiger partial charge in [-0.2, -0.15) is 0 Å². The molecule has 2 amide bonds. The molecule has 31 heavy (non-hydrogen) atoms. The lowest BCUT2D eigenvalue weighted by Crippen LogP contribution is -2.47. The first-order valence-electron chi connectivity index (χ1n) is 9.83. The fourth-order valence-electron chi connectivity index (χ4n) is 3.57. The number of carbonyl (C=O) groups excluding carboxylic acids is 1. The number of nitrogens with one attached hydrogen (secondary N) is 2. The molecule has 0 aliphatic carbocycles. The number of rotatable bonds is 5. The Kier molecular flexibility index (Phi) is 6.62. The van der Waals surface area contributed by atoms with Crippen LogP contribution in [0, 0.1) is 0 Å². The van der Waals surface area contributed by atoms with E-state index in [0.29, 0.717) is 16.6 Å². The van der Waals surface area contributed by atoms with Gasteiger partial charge in [0.25, 0.3) is 0 Å². The number of urea groups is 1. The molecule has 2 unspecified atom stereocenters. The van der Waals surface area contributed by atoms with Gasteiger partial charge in [0.1, 0.15) is 0 Å². The molecule has 0 aromatic heterocycles. The van der Waals surface area contributed by atoms with E-state index in [4.69, 9.17) is 28.9 Å². The second-order valence-corrected chi connectivity index (χ2v) is 9.12. The Hall–Kier alpha value is -2.38. The molecule has 3 aromatic carbocycles. The predicted octanol–water partition coefficient (Wildman–Crippen LogP) is 6.04. The average molecular weight is 473 g/mol. The van der Waals surface area contributed by atoms with Gasteiger partial charge in [-0.3, -0.25) is 0 Å². The monoisotopic (exact) mass is 472 g/mol. The van der Waals surface area contributed by atoms with E-state index in [1.54, 1.807) is 11.8 Å². The quantitative estimate of drug-likeness (QED) is 0.423. The van der Waals surface area contributed by atoms with Crippen LogP contribution >= 0.6 is 35.0 Å². The first kappa shape index (κ1) is 21.8. The number of carbonyl (C=O) groups is 1. The molecule has 0 fully saturated rings. The van der Waals surface area contributed by atoms with E-state index in [9.17, 15) is 4.79 Å². The van der Waals surface area contributed by atoms with Crippen LogP contribution in [-0.4, -0.2) is 11.5 Å². The van der Waals surface area contributed by atoms with Gasteiger partial charge in [0.05, 0.1) is 22.4 Å². The average Bonchev–Trinajstić information content (AvgIpc) is 3.11. The van der Waals surface area contributed by atoms with Gasteiger partial charge >= 0.3 is 6.03 Å². The van der Waals surface area contributed by atoms with Crippen LogP contribution in [0.1, 0.15) is 24.1 Å². The first-order chi connectivity index (χ1) is 15.0. The number of hydrogen-bond donors (Lipinski definition) is 3. The van der Waals surface area contributed by atoms with Crippen LogP contribution < -0.4 is 21.3 Å². The van der Waals surface area contributed by atoms with Crippen LogP contribution in [-0.2, 0) is 6.54 Å². The minimum atomic E-state index is -0.375. The third-order valence-corrected chi connectivity index (χ3v) is 6.81. The number of fused-ring (bicyclic) bond motifs is 1. The van der Waals surface area contributed by atoms with E-state index >= 15 is 0 Å². The van der Waals surface area contributed by atoms with Crippen molar-refractivity contribution < 1.29 is 4.79 Å². The molecule has 4 N–H and O–H groups in total. The summed E-state index contributed by atoms with van der Waals surface area (Å²) in [6.45, 7) is 2.27. The molecule has 5 nitrogen and oxygen atoms in total. The van der Waals surface area contributed by atoms with E-state index in [2.05, 4.69) is 10.6 Å². The number of hydrogen-bond acceptors (Lipinski definition) is 4. The fraction of sp³-hybridized carbons (Fsp3) is 0.174. The van der Waals surface area contributed by atoms with Gasteiger partial charge in [0, 0.05) is 16.5 Å². The smallest absolute Gasteiger partial charge is 0.317 e. The van der Waals surface area contributed by atoms with Gasteiger partial charge < -0.3 is 21.3 Å². The molecule has 2 atom stereocenters. The molecule has 0 saturated heterocycles. The predicted molar refractivity (Wildman–Crippen MR) is 129 cm³/mol. The number of anilines is 2. The zero-order valence-corrected chi connectivity index (χ0v) is 19.1. The molecule has 0 saturated carbocycles. The van der Waals surface area contributed by atoms with Crippen LogP contribution in [0.3, 0.4) is 0 Å². The number of para-hydroxylation sites is 2. The van der Waals surface area contributed by atoms with Crippen molar-refractivity contribution in [3.63, 3.8) is 0 Å². The van der Waals surface area contributed by atoms with E-state index in [1.807, 2.05) is 78.6 Å². The zero-order chi connectivity index (χ0) is 22.0. The molecule has 0 radical (unpaired) electrons. The lowest BCUT2D eigenvalue weighted by Gasteiger charge is -2.30. The second kappa shape index (κ2) is 9.40. The Labute approximate surface area is 195 Å². The maximum atomic E-state index is 12.9. The summed E-state index contributed by atoms with van der Waals surface area (Å²) in [4.78, 5) is 16.0. The summed E-state index contributed by atoms with van der Waals surface area (Å²) >= 11 is 14.1. The Bertz CT molecular complexity index is 1090. The van der Waals surface area contributed by atoms with Crippen LogP contribution in [0.5, 0.6) is 0 Å². The maximum absolute atomic E-state index is 12.9. The number of benzene rings is 3. The van der Waals surface area contributed by atoms with Gasteiger partial charge in [0.2, 0.25) is 0 Å². The number of amides is 2. The van der Waals surface area contributed by atoms with Crippen molar-refractivity contribution in [1.82, 2.24) is 10.6 Å². The highest BCUT2D eigenvalue weighted by atomic mass is 35.5. The first-order valence-corrected chi connectivity index (χ1v) is 11.5. The van der Waals surface area contributed by atoms with Crippen molar-refractivity contribution in [3.8, 4) is 0 Å². The molecule has 1 aliphatic rings. The molecular formula is C23H22Cl2N4OS. The van der Waals surface area contributed by atoms with Gasteiger partial charge in [0.15, 0.2) is 5.50 Å². The highest BCUT2D eigenvalue weighted by Crippen LogP contribution is 2.49. The molecule has 8 heteroatoms. The number of nitrogens with two attached hydrogens (primary N) is 1. The molecule has 160 valence electrons. The van der Waals surface area contributed by atoms with E-state index in [0.717, 1.165) is 27.4 Å². The van der Waals surface area contributed by atoms with Crippen LogP contribution in [0.2, 0.25) is 10.0 Å². The van der Waals surface area contributed by atoms with Crippen molar-refractivity contribution in [2.24, 2.45) is 5.73 Å². The molecule has 0 spiro atoms. The largest absolute Gasteiger partial charge is 0.332 e. The van der Waals surface area contributed by atoms with Gasteiger partial charge in [-0.25, -0.2) is 4.79 Å². The van der Waals surface area contributed by atoms with Gasteiger partial charge in [-0.1, -0.05) is 71.4 Å². The molecule has 0 bridgehead atoms. The van der Waals surface area contributed by atoms with Crippen molar-refractivity contribution in [1.29, 1.82) is 0 Å². The summed E-state index contributed by atoms with van der Waals surface area (Å²) in [5.74, 6) is 0. The second-order valence-electron chi connectivity index (χ2n) is 7.15. The normalized spacial score (nSPS) is 16.0. The summed E-state index contributed by atoms with van der Waals surface area (Å²) in [5, 5.41) is 7.32. The highest BCUT2D eigenvalue weighted by molar-refractivity contribution is 8.00. The van der Waals surface area contributed by atoms with Gasteiger partial charge in [-0.15, -0.1) is 0 Å². The SMILES string of the molecule is CC(NC(=O)NC1Sc2ccccc2N1c1c(Cl)cccc1CN)c1ccc(Cl)cc1. The fourth-order valence-corrected chi connectivity index (χ4v) is 5.15. The maximum Gasteiger partial charge on any atom is 0.317 e. The molecule has 1 heterocycles. The van der Waals surface area contributed by atoms with Crippen molar-refractivity contribution >= 4 is 52.4 Å². The Morgan fingerprint density at radius 1 is 1.10 bits per heavy atom. The number of nitrogens with zero attached hydrogens (tertiary/aromatic N) is 1. The van der Waals surface area contributed by atoms with Crippen molar-refractivity contribution in [2.75, 3.05) is 4.90 Å². The molecule has 1 aliphatic heterocycles. The summed E-state index contributed by atoms with van der Waals surface area (Å²) in [6, 6.07) is 20.6. The topological polar surface area (TPSA) is 70.4 Å². The van der Waals surface area contributed by atoms with E-state index in [-0.39, 0.29) is 17.6 Å². The lowest BCUT2D eigenvalue weighted by atomic mass is 10.1. The van der Waals surface area contributed by atoms with Crippen LogP contribution in [0.25, 0.3) is 0 Å². The molecule has 3 aromatic rings. The number of thioether (sulfide) groups is 1.